The van der Waals surface area contributed by atoms with Crippen molar-refractivity contribution < 1.29 is 24.5 Å². The molecule has 76 heavy (non-hydrogen) atoms. The molecule has 0 rings (SSSR count). The Bertz CT molecular complexity index is 1190. The predicted octanol–water partition coefficient (Wildman–Crippen LogP) is 22.1. The number of esters is 1. The van der Waals surface area contributed by atoms with Crippen LogP contribution in [0.15, 0.2) is 24.3 Å². The molecule has 0 fully saturated rings. The van der Waals surface area contributed by atoms with E-state index in [-0.39, 0.29) is 18.5 Å². The average Bonchev–Trinajstić information content (AvgIpc) is 3.42. The molecule has 0 radical (unpaired) electrons. The maximum Gasteiger partial charge on any atom is 0.305 e. The van der Waals surface area contributed by atoms with Crippen LogP contribution in [0.5, 0.6) is 0 Å². The molecule has 1 amide bonds. The standard InChI is InChI=1S/C70H135NO5/c1-3-5-7-9-11-13-15-17-19-20-31-35-38-42-46-50-54-58-62-68(73)67(66-72)71-69(74)63-59-55-51-47-43-39-36-32-29-27-25-23-21-22-24-26-28-30-33-37-41-45-49-53-57-61-65-76-70(75)64-60-56-52-48-44-40-34-18-16-14-12-10-8-6-4-2/h18,21,23,34,67-68,72-73H,3-17,19-20,22,24-33,35-66H2,1-2H3,(H,71,74)/b23-21-,34-18-. The van der Waals surface area contributed by atoms with Gasteiger partial charge in [0.1, 0.15) is 0 Å². The molecule has 0 aliphatic carbocycles. The summed E-state index contributed by atoms with van der Waals surface area (Å²) in [6, 6.07) is -0.543. The lowest BCUT2D eigenvalue weighted by Crippen LogP contribution is -2.45. The van der Waals surface area contributed by atoms with Crippen molar-refractivity contribution in [3.05, 3.63) is 24.3 Å². The van der Waals surface area contributed by atoms with E-state index in [0.717, 1.165) is 44.9 Å². The maximum absolute atomic E-state index is 12.5. The van der Waals surface area contributed by atoms with E-state index in [1.807, 2.05) is 0 Å². The Morgan fingerprint density at radius 1 is 0.355 bits per heavy atom. The van der Waals surface area contributed by atoms with Crippen LogP contribution < -0.4 is 5.32 Å². The molecule has 0 heterocycles. The van der Waals surface area contributed by atoms with Gasteiger partial charge in [-0.05, 0) is 77.0 Å². The molecule has 6 nitrogen and oxygen atoms in total. The zero-order valence-corrected chi connectivity index (χ0v) is 51.5. The van der Waals surface area contributed by atoms with Crippen LogP contribution in [0, 0.1) is 0 Å². The Morgan fingerprint density at radius 2 is 0.618 bits per heavy atom. The number of rotatable bonds is 65. The van der Waals surface area contributed by atoms with Crippen LogP contribution in [-0.4, -0.2) is 47.4 Å². The Labute approximate surface area is 475 Å². The van der Waals surface area contributed by atoms with Crippen LogP contribution in [0.3, 0.4) is 0 Å². The summed E-state index contributed by atoms with van der Waals surface area (Å²) in [5, 5.41) is 23.4. The molecule has 0 aliphatic heterocycles. The van der Waals surface area contributed by atoms with Crippen molar-refractivity contribution in [1.29, 1.82) is 0 Å². The lowest BCUT2D eigenvalue weighted by Gasteiger charge is -2.22. The molecule has 2 unspecified atom stereocenters. The molecule has 0 aromatic heterocycles. The SMILES string of the molecule is CCCCCCCC/C=C\CCCCCCCC(=O)OCCCCCCCCCCCCCC/C=C\CCCCCCCCCCCCC(=O)NC(CO)C(O)CCCCCCCCCCCCCCCCCCCC. The lowest BCUT2D eigenvalue weighted by atomic mass is 10.0. The average molecular weight is 1070 g/mol. The number of ether oxygens (including phenoxy) is 1. The third kappa shape index (κ3) is 61.6. The molecule has 0 bridgehead atoms. The number of hydrogen-bond acceptors (Lipinski definition) is 5. The Balaban J connectivity index is 3.39. The van der Waals surface area contributed by atoms with E-state index in [0.29, 0.717) is 25.9 Å². The molecular weight excluding hydrogens is 935 g/mol. The highest BCUT2D eigenvalue weighted by Crippen LogP contribution is 2.18. The summed E-state index contributed by atoms with van der Waals surface area (Å²) in [6.45, 7) is 4.98. The van der Waals surface area contributed by atoms with Gasteiger partial charge in [-0.3, -0.25) is 9.59 Å². The first-order valence-corrected chi connectivity index (χ1v) is 34.6. The number of aliphatic hydroxyl groups excluding tert-OH is 2. The molecular formula is C70H135NO5. The zero-order valence-electron chi connectivity index (χ0n) is 51.5. The maximum atomic E-state index is 12.5. The van der Waals surface area contributed by atoms with Gasteiger partial charge in [-0.1, -0.05) is 321 Å². The largest absolute Gasteiger partial charge is 0.466 e. The van der Waals surface area contributed by atoms with Gasteiger partial charge in [0.25, 0.3) is 0 Å². The first-order chi connectivity index (χ1) is 37.5. The fourth-order valence-corrected chi connectivity index (χ4v) is 10.9. The van der Waals surface area contributed by atoms with E-state index >= 15 is 0 Å². The number of allylic oxidation sites excluding steroid dienone is 4. The number of unbranched alkanes of at least 4 members (excludes halogenated alkanes) is 50. The summed E-state index contributed by atoms with van der Waals surface area (Å²) in [4.78, 5) is 24.6. The van der Waals surface area contributed by atoms with E-state index in [1.54, 1.807) is 0 Å². The second-order valence-corrected chi connectivity index (χ2v) is 23.9. The number of nitrogens with one attached hydrogen (secondary N) is 1. The minimum absolute atomic E-state index is 0.00709. The Morgan fingerprint density at radius 3 is 0.934 bits per heavy atom. The van der Waals surface area contributed by atoms with Crippen molar-refractivity contribution in [2.45, 2.75) is 398 Å². The number of aliphatic hydroxyl groups is 2. The van der Waals surface area contributed by atoms with Crippen LogP contribution in [0.2, 0.25) is 0 Å². The highest BCUT2D eigenvalue weighted by atomic mass is 16.5. The van der Waals surface area contributed by atoms with Crippen molar-refractivity contribution >= 4 is 11.9 Å². The van der Waals surface area contributed by atoms with Gasteiger partial charge in [-0.25, -0.2) is 0 Å². The monoisotopic (exact) mass is 1070 g/mol. The molecule has 6 heteroatoms. The van der Waals surface area contributed by atoms with Crippen molar-refractivity contribution in [2.75, 3.05) is 13.2 Å². The highest BCUT2D eigenvalue weighted by molar-refractivity contribution is 5.76. The molecule has 0 aromatic carbocycles. The second kappa shape index (κ2) is 65.9. The van der Waals surface area contributed by atoms with Crippen molar-refractivity contribution in [1.82, 2.24) is 5.32 Å². The number of carbonyl (C=O) groups excluding carboxylic acids is 2. The molecule has 2 atom stereocenters. The Kier molecular flexibility index (Phi) is 64.4. The van der Waals surface area contributed by atoms with Gasteiger partial charge < -0.3 is 20.3 Å². The predicted molar refractivity (Wildman–Crippen MR) is 333 cm³/mol. The minimum atomic E-state index is -0.666. The highest BCUT2D eigenvalue weighted by Gasteiger charge is 2.20. The van der Waals surface area contributed by atoms with Crippen molar-refractivity contribution in [2.24, 2.45) is 0 Å². The summed E-state index contributed by atoms with van der Waals surface area (Å²) >= 11 is 0. The van der Waals surface area contributed by atoms with Gasteiger partial charge in [-0.2, -0.15) is 0 Å². The van der Waals surface area contributed by atoms with Gasteiger partial charge >= 0.3 is 5.97 Å². The first-order valence-electron chi connectivity index (χ1n) is 34.6. The molecule has 0 aliphatic rings. The molecule has 0 saturated heterocycles. The summed E-state index contributed by atoms with van der Waals surface area (Å²) in [5.74, 6) is -0.0263. The summed E-state index contributed by atoms with van der Waals surface area (Å²) in [7, 11) is 0. The number of carbonyl (C=O) groups is 2. The van der Waals surface area contributed by atoms with Gasteiger partial charge in [0.05, 0.1) is 25.4 Å². The molecule has 3 N–H and O–H groups in total. The second-order valence-electron chi connectivity index (χ2n) is 23.9. The van der Waals surface area contributed by atoms with Crippen molar-refractivity contribution in [3.63, 3.8) is 0 Å². The molecule has 0 spiro atoms. The van der Waals surface area contributed by atoms with Crippen LogP contribution in [0.1, 0.15) is 386 Å². The first kappa shape index (κ1) is 74.3. The summed E-state index contributed by atoms with van der Waals surface area (Å²) < 4.78 is 5.49. The zero-order chi connectivity index (χ0) is 55.0. The number of amides is 1. The minimum Gasteiger partial charge on any atom is -0.466 e. The molecule has 0 saturated carbocycles. The van der Waals surface area contributed by atoms with E-state index < -0.39 is 12.1 Å². The van der Waals surface area contributed by atoms with E-state index in [2.05, 4.69) is 43.5 Å². The normalized spacial score (nSPS) is 12.6. The van der Waals surface area contributed by atoms with Gasteiger partial charge in [-0.15, -0.1) is 0 Å². The Hall–Kier alpha value is -1.66. The third-order valence-corrected chi connectivity index (χ3v) is 16.2. The fourth-order valence-electron chi connectivity index (χ4n) is 10.9. The van der Waals surface area contributed by atoms with E-state index in [4.69, 9.17) is 4.74 Å². The van der Waals surface area contributed by atoms with E-state index in [9.17, 15) is 19.8 Å². The van der Waals surface area contributed by atoms with Gasteiger partial charge in [0.15, 0.2) is 0 Å². The topological polar surface area (TPSA) is 95.9 Å². The third-order valence-electron chi connectivity index (χ3n) is 16.2. The molecule has 450 valence electrons. The van der Waals surface area contributed by atoms with Crippen LogP contribution in [-0.2, 0) is 14.3 Å². The summed E-state index contributed by atoms with van der Waals surface area (Å²) in [6.07, 6.45) is 82.1. The van der Waals surface area contributed by atoms with Gasteiger partial charge in [0, 0.05) is 12.8 Å². The van der Waals surface area contributed by atoms with Crippen LogP contribution in [0.25, 0.3) is 0 Å². The smallest absolute Gasteiger partial charge is 0.305 e. The summed E-state index contributed by atoms with van der Waals surface area (Å²) in [5.41, 5.74) is 0. The van der Waals surface area contributed by atoms with Crippen LogP contribution in [0.4, 0.5) is 0 Å². The fraction of sp³-hybridized carbons (Fsp3) is 0.914. The number of hydrogen-bond donors (Lipinski definition) is 3. The van der Waals surface area contributed by atoms with Gasteiger partial charge in [0.2, 0.25) is 5.91 Å². The van der Waals surface area contributed by atoms with E-state index in [1.165, 1.54) is 308 Å². The molecule has 0 aromatic rings. The van der Waals surface area contributed by atoms with Crippen LogP contribution >= 0.6 is 0 Å². The lowest BCUT2D eigenvalue weighted by molar-refractivity contribution is -0.143. The van der Waals surface area contributed by atoms with Crippen molar-refractivity contribution in [3.8, 4) is 0 Å². The quantitative estimate of drug-likeness (QED) is 0.0320.